The van der Waals surface area contributed by atoms with E-state index in [0.717, 1.165) is 50.1 Å². The van der Waals surface area contributed by atoms with Crippen LogP contribution in [-0.2, 0) is 10.8 Å². The molecule has 1 aromatic heterocycles. The van der Waals surface area contributed by atoms with E-state index in [2.05, 4.69) is 220 Å². The predicted molar refractivity (Wildman–Crippen MR) is 255 cm³/mol. The van der Waals surface area contributed by atoms with E-state index < -0.39 is 5.41 Å². The molecule has 0 fully saturated rings. The van der Waals surface area contributed by atoms with Gasteiger partial charge >= 0.3 is 0 Å². The van der Waals surface area contributed by atoms with Crippen molar-refractivity contribution < 1.29 is 4.42 Å². The molecule has 0 atom stereocenters. The Hall–Kier alpha value is -7.42. The lowest BCUT2D eigenvalue weighted by Gasteiger charge is -2.33. The lowest BCUT2D eigenvalue weighted by atomic mass is 9.70. The lowest BCUT2D eigenvalue weighted by Crippen LogP contribution is -2.26. The average molecular weight is 782 g/mol. The van der Waals surface area contributed by atoms with Crippen molar-refractivity contribution >= 4 is 44.6 Å². The normalized spacial score (nSPS) is 15.0. The Labute approximate surface area is 357 Å². The number of allylic oxidation sites excluding steroid dienone is 5. The van der Waals surface area contributed by atoms with Crippen molar-refractivity contribution in [2.45, 2.75) is 31.6 Å². The molecule has 61 heavy (non-hydrogen) atoms. The highest BCUT2D eigenvalue weighted by molar-refractivity contribution is 6.09. The molecule has 12 rings (SSSR count). The SMILES string of the molecule is C=CC1=C(/C=C\C)C(C)(C)c2cccc(N(c3ccc(-c4cccc5c4oc4ccccc45)cc3)c3ccc4c(c3)C3(c5ccccc5-c5ccccc53)c3ccccc3-4)c21. The third-order valence-corrected chi connectivity index (χ3v) is 13.8. The van der Waals surface area contributed by atoms with E-state index in [-0.39, 0.29) is 5.41 Å². The van der Waals surface area contributed by atoms with Gasteiger partial charge in [0.1, 0.15) is 11.2 Å². The van der Waals surface area contributed by atoms with Crippen LogP contribution in [0.15, 0.2) is 211 Å². The van der Waals surface area contributed by atoms with Gasteiger partial charge in [0.25, 0.3) is 0 Å². The topological polar surface area (TPSA) is 16.4 Å². The van der Waals surface area contributed by atoms with Gasteiger partial charge in [0.2, 0.25) is 0 Å². The second-order valence-corrected chi connectivity index (χ2v) is 17.1. The molecule has 1 spiro atoms. The monoisotopic (exact) mass is 781 g/mol. The van der Waals surface area contributed by atoms with Gasteiger partial charge in [-0.1, -0.05) is 178 Å². The molecule has 0 saturated heterocycles. The maximum atomic E-state index is 6.51. The summed E-state index contributed by atoms with van der Waals surface area (Å²) in [6, 6.07) is 64.9. The Morgan fingerprint density at radius 3 is 1.75 bits per heavy atom. The number of para-hydroxylation sites is 2. The number of furan rings is 1. The molecule has 1 heterocycles. The number of rotatable bonds is 6. The van der Waals surface area contributed by atoms with Crippen molar-refractivity contribution in [3.8, 4) is 33.4 Å². The summed E-state index contributed by atoms with van der Waals surface area (Å²) in [7, 11) is 0. The molecule has 9 aromatic rings. The number of hydrogen-bond acceptors (Lipinski definition) is 2. The molecule has 0 saturated carbocycles. The second kappa shape index (κ2) is 13.0. The largest absolute Gasteiger partial charge is 0.455 e. The fraction of sp³-hybridized carbons (Fsp3) is 0.0847. The van der Waals surface area contributed by atoms with Crippen LogP contribution in [0.1, 0.15) is 54.2 Å². The van der Waals surface area contributed by atoms with Gasteiger partial charge in [0.15, 0.2) is 0 Å². The van der Waals surface area contributed by atoms with Crippen LogP contribution in [0.25, 0.3) is 60.9 Å². The molecule has 3 aliphatic rings. The molecule has 0 N–H and O–H groups in total. The number of fused-ring (bicyclic) bond motifs is 14. The van der Waals surface area contributed by atoms with Gasteiger partial charge in [0.05, 0.1) is 11.1 Å². The van der Waals surface area contributed by atoms with Gasteiger partial charge in [-0.25, -0.2) is 0 Å². The van der Waals surface area contributed by atoms with E-state index in [1.807, 2.05) is 6.07 Å². The first-order valence-electron chi connectivity index (χ1n) is 21.3. The minimum atomic E-state index is -0.457. The molecular weight excluding hydrogens is 739 g/mol. The highest BCUT2D eigenvalue weighted by atomic mass is 16.3. The Bertz CT molecular complexity index is 3310. The van der Waals surface area contributed by atoms with E-state index >= 15 is 0 Å². The van der Waals surface area contributed by atoms with Crippen LogP contribution in [-0.4, -0.2) is 0 Å². The van der Waals surface area contributed by atoms with Crippen molar-refractivity contribution in [3.05, 3.63) is 240 Å². The molecule has 0 radical (unpaired) electrons. The van der Waals surface area contributed by atoms with Gasteiger partial charge in [0, 0.05) is 38.7 Å². The van der Waals surface area contributed by atoms with Gasteiger partial charge in [-0.2, -0.15) is 0 Å². The molecule has 2 heteroatoms. The van der Waals surface area contributed by atoms with E-state index in [9.17, 15) is 0 Å². The lowest BCUT2D eigenvalue weighted by molar-refractivity contribution is 0.654. The van der Waals surface area contributed by atoms with Crippen LogP contribution in [0.5, 0.6) is 0 Å². The van der Waals surface area contributed by atoms with Crippen molar-refractivity contribution in [2.75, 3.05) is 4.90 Å². The highest BCUT2D eigenvalue weighted by Gasteiger charge is 2.51. The first-order chi connectivity index (χ1) is 29.9. The van der Waals surface area contributed by atoms with E-state index in [1.165, 1.54) is 66.8 Å². The summed E-state index contributed by atoms with van der Waals surface area (Å²) in [6.45, 7) is 11.2. The smallest absolute Gasteiger partial charge is 0.143 e. The molecule has 8 aromatic carbocycles. The zero-order valence-corrected chi connectivity index (χ0v) is 34.5. The average Bonchev–Trinajstić information content (AvgIpc) is 3.99. The van der Waals surface area contributed by atoms with Crippen LogP contribution in [0.3, 0.4) is 0 Å². The predicted octanol–water partition coefficient (Wildman–Crippen LogP) is 15.9. The summed E-state index contributed by atoms with van der Waals surface area (Å²) in [5.74, 6) is 0. The van der Waals surface area contributed by atoms with E-state index in [4.69, 9.17) is 4.42 Å². The van der Waals surface area contributed by atoms with Crippen LogP contribution in [0, 0.1) is 0 Å². The summed E-state index contributed by atoms with van der Waals surface area (Å²) in [5.41, 5.74) is 22.1. The van der Waals surface area contributed by atoms with Crippen molar-refractivity contribution in [1.82, 2.24) is 0 Å². The number of nitrogens with zero attached hydrogens (tertiary/aromatic N) is 1. The van der Waals surface area contributed by atoms with Crippen LogP contribution in [0.2, 0.25) is 0 Å². The van der Waals surface area contributed by atoms with Crippen LogP contribution < -0.4 is 4.90 Å². The Kier molecular flexibility index (Phi) is 7.59. The molecule has 0 amide bonds. The molecule has 0 unspecified atom stereocenters. The van der Waals surface area contributed by atoms with Gasteiger partial charge in [-0.15, -0.1) is 0 Å². The molecule has 0 bridgehead atoms. The van der Waals surface area contributed by atoms with Crippen molar-refractivity contribution in [1.29, 1.82) is 0 Å². The third kappa shape index (κ3) is 4.73. The fourth-order valence-electron chi connectivity index (χ4n) is 11.2. The molecule has 3 aliphatic carbocycles. The van der Waals surface area contributed by atoms with Crippen molar-refractivity contribution in [2.24, 2.45) is 0 Å². The molecule has 0 aliphatic heterocycles. The van der Waals surface area contributed by atoms with Crippen LogP contribution >= 0.6 is 0 Å². The van der Waals surface area contributed by atoms with Gasteiger partial charge in [-0.3, -0.25) is 0 Å². The highest BCUT2D eigenvalue weighted by Crippen LogP contribution is 2.63. The minimum absolute atomic E-state index is 0.205. The maximum Gasteiger partial charge on any atom is 0.143 e. The zero-order valence-electron chi connectivity index (χ0n) is 34.5. The summed E-state index contributed by atoms with van der Waals surface area (Å²) in [5, 5.41) is 2.26. The van der Waals surface area contributed by atoms with E-state index in [1.54, 1.807) is 0 Å². The Balaban J connectivity index is 1.11. The van der Waals surface area contributed by atoms with Crippen molar-refractivity contribution in [3.63, 3.8) is 0 Å². The number of hydrogen-bond donors (Lipinski definition) is 0. The molecule has 2 nitrogen and oxygen atoms in total. The number of benzene rings is 8. The summed E-state index contributed by atoms with van der Waals surface area (Å²) < 4.78 is 6.51. The molecular formula is C59H43NO. The molecule has 290 valence electrons. The summed E-state index contributed by atoms with van der Waals surface area (Å²) in [4.78, 5) is 2.48. The van der Waals surface area contributed by atoms with E-state index in [0.29, 0.717) is 0 Å². The summed E-state index contributed by atoms with van der Waals surface area (Å²) in [6.07, 6.45) is 6.48. The second-order valence-electron chi connectivity index (χ2n) is 17.1. The zero-order chi connectivity index (χ0) is 41.0. The quantitative estimate of drug-likeness (QED) is 0.167. The maximum absolute atomic E-state index is 6.51. The Morgan fingerprint density at radius 1 is 0.525 bits per heavy atom. The van der Waals surface area contributed by atoms with Crippen LogP contribution in [0.4, 0.5) is 17.1 Å². The third-order valence-electron chi connectivity index (χ3n) is 13.8. The standard InChI is InChI=1S/C59H43NO/c1-5-17-48-40(6-2)56-52(58(48,3)4)27-16-28-54(56)60(38-32-30-37(31-33-38)41-22-15-23-47-46-21-10-14-29-55(46)61-57(41)47)39-34-35-45-44-20-9-13-26-51(44)59(53(45)36-39)49-24-11-7-18-42(49)43-19-8-12-25-50(43)59/h5-36H,2H2,1,3-4H3/b17-5-. The summed E-state index contributed by atoms with van der Waals surface area (Å²) >= 11 is 0. The first kappa shape index (κ1) is 35.5. The Morgan fingerprint density at radius 2 is 1.08 bits per heavy atom. The first-order valence-corrected chi connectivity index (χ1v) is 21.3. The van der Waals surface area contributed by atoms with Gasteiger partial charge < -0.3 is 9.32 Å². The number of anilines is 3. The fourth-order valence-corrected chi connectivity index (χ4v) is 11.2. The van der Waals surface area contributed by atoms with Gasteiger partial charge in [-0.05, 0) is 110 Å². The minimum Gasteiger partial charge on any atom is -0.455 e.